The zero-order chi connectivity index (χ0) is 15.8. The fraction of sp³-hybridized carbons (Fsp3) is 0.588. The number of nitrogens with one attached hydrogen (secondary N) is 2. The second-order valence-electron chi connectivity index (χ2n) is 5.97. The van der Waals surface area contributed by atoms with Crippen LogP contribution >= 0.6 is 0 Å². The highest BCUT2D eigenvalue weighted by Gasteiger charge is 2.14. The number of hydrogen-bond acceptors (Lipinski definition) is 3. The minimum atomic E-state index is -0.373. The van der Waals surface area contributed by atoms with Crippen LogP contribution in [0, 0.1) is 0 Å². The number of fused-ring (bicyclic) bond motifs is 1. The third-order valence-electron chi connectivity index (χ3n) is 3.99. The molecule has 1 aromatic rings. The van der Waals surface area contributed by atoms with Gasteiger partial charge in [-0.05, 0) is 37.3 Å². The molecule has 122 valence electrons. The second-order valence-corrected chi connectivity index (χ2v) is 5.97. The van der Waals surface area contributed by atoms with E-state index >= 15 is 0 Å². The van der Waals surface area contributed by atoms with Crippen LogP contribution in [0.15, 0.2) is 24.3 Å². The van der Waals surface area contributed by atoms with Crippen LogP contribution in [0.1, 0.15) is 30.9 Å². The molecule has 1 unspecified atom stereocenters. The van der Waals surface area contributed by atoms with E-state index in [0.717, 1.165) is 32.5 Å². The largest absolute Gasteiger partial charge is 0.393 e. The first kappa shape index (κ1) is 16.8. The molecule has 0 saturated carbocycles. The number of hydrogen-bond donors (Lipinski definition) is 3. The summed E-state index contributed by atoms with van der Waals surface area (Å²) in [4.78, 5) is 14.0. The zero-order valence-electron chi connectivity index (χ0n) is 13.3. The Morgan fingerprint density at radius 2 is 2.00 bits per heavy atom. The highest BCUT2D eigenvalue weighted by Crippen LogP contribution is 2.18. The summed E-state index contributed by atoms with van der Waals surface area (Å²) in [5.74, 6) is 0. The van der Waals surface area contributed by atoms with E-state index in [1.807, 2.05) is 0 Å². The predicted molar refractivity (Wildman–Crippen MR) is 87.7 cm³/mol. The van der Waals surface area contributed by atoms with Gasteiger partial charge in [-0.3, -0.25) is 4.90 Å². The van der Waals surface area contributed by atoms with Gasteiger partial charge in [-0.2, -0.15) is 0 Å². The molecule has 0 spiro atoms. The van der Waals surface area contributed by atoms with Crippen LogP contribution in [-0.4, -0.2) is 48.3 Å². The quantitative estimate of drug-likeness (QED) is 0.669. The molecule has 22 heavy (non-hydrogen) atoms. The molecule has 0 saturated heterocycles. The van der Waals surface area contributed by atoms with Gasteiger partial charge in [-0.15, -0.1) is 0 Å². The maximum atomic E-state index is 11.5. The number of amides is 2. The Morgan fingerprint density at radius 3 is 2.77 bits per heavy atom. The molecular weight excluding hydrogens is 278 g/mol. The fourth-order valence-corrected chi connectivity index (χ4v) is 2.71. The van der Waals surface area contributed by atoms with E-state index in [1.165, 1.54) is 11.1 Å². The van der Waals surface area contributed by atoms with Gasteiger partial charge in [-0.25, -0.2) is 4.79 Å². The van der Waals surface area contributed by atoms with Crippen molar-refractivity contribution in [1.29, 1.82) is 0 Å². The van der Waals surface area contributed by atoms with Crippen LogP contribution in [0.2, 0.25) is 0 Å². The van der Waals surface area contributed by atoms with Gasteiger partial charge in [0.05, 0.1) is 6.10 Å². The lowest BCUT2D eigenvalue weighted by Crippen LogP contribution is -2.38. The van der Waals surface area contributed by atoms with Crippen molar-refractivity contribution in [1.82, 2.24) is 15.5 Å². The summed E-state index contributed by atoms with van der Waals surface area (Å²) in [5, 5.41) is 14.7. The van der Waals surface area contributed by atoms with Crippen molar-refractivity contribution >= 4 is 6.03 Å². The minimum Gasteiger partial charge on any atom is -0.393 e. The number of aliphatic hydroxyl groups is 1. The van der Waals surface area contributed by atoms with Crippen LogP contribution in [0.4, 0.5) is 4.79 Å². The summed E-state index contributed by atoms with van der Waals surface area (Å²) in [6.07, 6.45) is 2.28. The van der Waals surface area contributed by atoms with Crippen molar-refractivity contribution in [2.45, 2.75) is 38.8 Å². The van der Waals surface area contributed by atoms with Gasteiger partial charge in [0.25, 0.3) is 0 Å². The van der Waals surface area contributed by atoms with Crippen molar-refractivity contribution in [3.05, 3.63) is 35.4 Å². The molecule has 0 bridgehead atoms. The summed E-state index contributed by atoms with van der Waals surface area (Å²) >= 11 is 0. The molecule has 5 nitrogen and oxygen atoms in total. The zero-order valence-corrected chi connectivity index (χ0v) is 13.3. The number of carbonyl (C=O) groups excluding carboxylic acids is 1. The number of aliphatic hydroxyl groups excluding tert-OH is 1. The molecule has 1 aliphatic rings. The van der Waals surface area contributed by atoms with E-state index in [1.54, 1.807) is 6.92 Å². The van der Waals surface area contributed by atoms with Gasteiger partial charge >= 0.3 is 6.03 Å². The van der Waals surface area contributed by atoms with Crippen LogP contribution in [0.25, 0.3) is 0 Å². The Balaban J connectivity index is 1.57. The van der Waals surface area contributed by atoms with Crippen molar-refractivity contribution in [2.24, 2.45) is 0 Å². The third kappa shape index (κ3) is 5.66. The molecule has 2 rings (SSSR count). The summed E-state index contributed by atoms with van der Waals surface area (Å²) < 4.78 is 0. The number of urea groups is 1. The summed E-state index contributed by atoms with van der Waals surface area (Å²) in [6.45, 7) is 6.01. The average Bonchev–Trinajstić information content (AvgIpc) is 2.51. The van der Waals surface area contributed by atoms with Crippen molar-refractivity contribution < 1.29 is 9.90 Å². The van der Waals surface area contributed by atoms with Gasteiger partial charge in [-0.1, -0.05) is 24.3 Å². The molecular formula is C17H27N3O2. The lowest BCUT2D eigenvalue weighted by Gasteiger charge is -2.28. The molecule has 5 heteroatoms. The molecule has 1 atom stereocenters. The fourth-order valence-electron chi connectivity index (χ4n) is 2.71. The SMILES string of the molecule is CC(O)CCNC(=O)NCCCN1CCc2ccccc2C1. The Hall–Kier alpha value is -1.59. The van der Waals surface area contributed by atoms with E-state index in [-0.39, 0.29) is 12.1 Å². The smallest absolute Gasteiger partial charge is 0.314 e. The molecule has 0 radical (unpaired) electrons. The van der Waals surface area contributed by atoms with E-state index in [4.69, 9.17) is 5.11 Å². The van der Waals surface area contributed by atoms with E-state index < -0.39 is 0 Å². The van der Waals surface area contributed by atoms with Crippen molar-refractivity contribution in [3.8, 4) is 0 Å². The Morgan fingerprint density at radius 1 is 1.27 bits per heavy atom. The topological polar surface area (TPSA) is 64.6 Å². The standard InChI is InChI=1S/C17H27N3O2/c1-14(21)7-10-19-17(22)18-9-4-11-20-12-8-15-5-2-3-6-16(15)13-20/h2-3,5-6,14,21H,4,7-13H2,1H3,(H2,18,19,22). The number of nitrogens with zero attached hydrogens (tertiary/aromatic N) is 1. The van der Waals surface area contributed by atoms with Gasteiger partial charge in [0, 0.05) is 32.7 Å². The summed E-state index contributed by atoms with van der Waals surface area (Å²) in [6, 6.07) is 8.47. The van der Waals surface area contributed by atoms with E-state index in [9.17, 15) is 4.79 Å². The Labute approximate surface area is 132 Å². The number of carbonyl (C=O) groups is 1. The molecule has 0 aromatic heterocycles. The summed E-state index contributed by atoms with van der Waals surface area (Å²) in [5.41, 5.74) is 2.90. The van der Waals surface area contributed by atoms with Gasteiger partial charge in [0.15, 0.2) is 0 Å². The van der Waals surface area contributed by atoms with E-state index in [0.29, 0.717) is 19.5 Å². The molecule has 1 aromatic carbocycles. The molecule has 0 fully saturated rings. The maximum absolute atomic E-state index is 11.5. The molecule has 2 amide bonds. The first-order valence-corrected chi connectivity index (χ1v) is 8.14. The third-order valence-corrected chi connectivity index (χ3v) is 3.99. The first-order chi connectivity index (χ1) is 10.6. The van der Waals surface area contributed by atoms with Crippen molar-refractivity contribution in [2.75, 3.05) is 26.2 Å². The number of rotatable bonds is 7. The van der Waals surface area contributed by atoms with Gasteiger partial charge in [0.1, 0.15) is 0 Å². The van der Waals surface area contributed by atoms with Gasteiger partial charge in [0.2, 0.25) is 0 Å². The maximum Gasteiger partial charge on any atom is 0.314 e. The minimum absolute atomic E-state index is 0.148. The Bertz CT molecular complexity index is 477. The van der Waals surface area contributed by atoms with Crippen molar-refractivity contribution in [3.63, 3.8) is 0 Å². The molecule has 0 aliphatic carbocycles. The monoisotopic (exact) mass is 305 g/mol. The average molecular weight is 305 g/mol. The lowest BCUT2D eigenvalue weighted by atomic mass is 10.00. The summed E-state index contributed by atoms with van der Waals surface area (Å²) in [7, 11) is 0. The highest BCUT2D eigenvalue weighted by molar-refractivity contribution is 5.73. The molecule has 3 N–H and O–H groups in total. The van der Waals surface area contributed by atoms with Crippen LogP contribution in [0.3, 0.4) is 0 Å². The van der Waals surface area contributed by atoms with Crippen LogP contribution < -0.4 is 10.6 Å². The normalized spacial score (nSPS) is 15.9. The first-order valence-electron chi connectivity index (χ1n) is 8.14. The molecule has 1 aliphatic heterocycles. The predicted octanol–water partition coefficient (Wildman–Crippen LogP) is 1.50. The Kier molecular flexibility index (Phi) is 6.68. The second kappa shape index (κ2) is 8.76. The molecule has 1 heterocycles. The lowest BCUT2D eigenvalue weighted by molar-refractivity contribution is 0.183. The van der Waals surface area contributed by atoms with Gasteiger partial charge < -0.3 is 15.7 Å². The van der Waals surface area contributed by atoms with Crippen LogP contribution in [0.5, 0.6) is 0 Å². The highest BCUT2D eigenvalue weighted by atomic mass is 16.3. The van der Waals surface area contributed by atoms with E-state index in [2.05, 4.69) is 39.8 Å². The number of benzene rings is 1. The van der Waals surface area contributed by atoms with Crippen LogP contribution in [-0.2, 0) is 13.0 Å².